The highest BCUT2D eigenvalue weighted by atomic mass is 35.5. The number of rotatable bonds is 6. The Bertz CT molecular complexity index is 887. The van der Waals surface area contributed by atoms with Crippen molar-refractivity contribution in [3.05, 3.63) is 69.9 Å². The Morgan fingerprint density at radius 3 is 2.73 bits per heavy atom. The van der Waals surface area contributed by atoms with E-state index in [0.717, 1.165) is 34.7 Å². The number of hydrogen-bond donors (Lipinski definition) is 1. The molecule has 2 aromatic rings. The Hall–Kier alpha value is -2.59. The van der Waals surface area contributed by atoms with Gasteiger partial charge in [0, 0.05) is 17.0 Å². The van der Waals surface area contributed by atoms with Crippen LogP contribution in [0.2, 0.25) is 5.02 Å². The molecule has 5 heteroatoms. The molecule has 0 atom stereocenters. The molecule has 0 bridgehead atoms. The number of ether oxygens (including phenoxy) is 1. The average Bonchev–Trinajstić information content (AvgIpc) is 3.00. The molecular formula is C21H21ClN2O2. The van der Waals surface area contributed by atoms with Crippen LogP contribution in [0.1, 0.15) is 30.0 Å². The third-order valence-electron chi connectivity index (χ3n) is 4.33. The molecule has 2 aromatic carbocycles. The number of aliphatic imine (C=N–C) groups is 1. The van der Waals surface area contributed by atoms with Crippen molar-refractivity contribution in [1.29, 1.82) is 0 Å². The number of nitrogens with one attached hydrogen (secondary N) is 1. The van der Waals surface area contributed by atoms with Gasteiger partial charge in [0.15, 0.2) is 0 Å². The van der Waals surface area contributed by atoms with Crippen LogP contribution >= 0.6 is 11.6 Å². The lowest BCUT2D eigenvalue weighted by molar-refractivity contribution is -0.115. The number of amidine groups is 1. The lowest BCUT2D eigenvalue weighted by atomic mass is 10.1. The molecule has 0 unspecified atom stereocenters. The number of aryl methyl sites for hydroxylation is 2. The van der Waals surface area contributed by atoms with Crippen LogP contribution in [0, 0.1) is 0 Å². The number of benzene rings is 2. The van der Waals surface area contributed by atoms with E-state index in [9.17, 15) is 4.79 Å². The van der Waals surface area contributed by atoms with Gasteiger partial charge < -0.3 is 10.1 Å². The van der Waals surface area contributed by atoms with Crippen LogP contribution in [0.25, 0.3) is 6.08 Å². The second kappa shape index (κ2) is 8.19. The number of hydrogen-bond acceptors (Lipinski definition) is 3. The second-order valence-corrected chi connectivity index (χ2v) is 6.47. The summed E-state index contributed by atoms with van der Waals surface area (Å²) in [6.45, 7) is 2.09. The molecule has 0 saturated carbocycles. The van der Waals surface area contributed by atoms with Crippen molar-refractivity contribution >= 4 is 29.4 Å². The van der Waals surface area contributed by atoms with Crippen LogP contribution in [-0.4, -0.2) is 18.9 Å². The van der Waals surface area contributed by atoms with Crippen molar-refractivity contribution in [3.63, 3.8) is 0 Å². The number of nitrogens with zero attached hydrogens (tertiary/aromatic N) is 1. The number of methoxy groups -OCH3 is 1. The topological polar surface area (TPSA) is 50.7 Å². The Labute approximate surface area is 158 Å². The Morgan fingerprint density at radius 1 is 1.19 bits per heavy atom. The number of amides is 1. The minimum Gasteiger partial charge on any atom is -0.496 e. The smallest absolute Gasteiger partial charge is 0.275 e. The van der Waals surface area contributed by atoms with E-state index in [1.54, 1.807) is 13.2 Å². The number of carbonyl (C=O) groups excluding carboxylic acids is 1. The van der Waals surface area contributed by atoms with Crippen molar-refractivity contribution < 1.29 is 9.53 Å². The highest BCUT2D eigenvalue weighted by Crippen LogP contribution is 2.25. The molecule has 0 fully saturated rings. The van der Waals surface area contributed by atoms with Crippen molar-refractivity contribution in [2.45, 2.75) is 26.2 Å². The Kier molecular flexibility index (Phi) is 5.74. The first-order valence-corrected chi connectivity index (χ1v) is 8.99. The standard InChI is InChI=1S/C21H21ClN2O2/c1-3-14-8-10-19(26-2)16(12-14)13-18-21(25)24-20(23-18)11-9-15-6-4-5-7-17(15)22/h4-8,10,12-13H,3,9,11H2,1-2H3,(H,23,24,25)/b18-13+. The molecule has 0 saturated heterocycles. The SMILES string of the molecule is CCc1ccc(OC)c(/C=C2/N=C(CCc3ccccc3Cl)NC2=O)c1. The molecular weight excluding hydrogens is 348 g/mol. The average molecular weight is 369 g/mol. The van der Waals surface area contributed by atoms with Crippen LogP contribution < -0.4 is 10.1 Å². The number of carbonyl (C=O) groups is 1. The highest BCUT2D eigenvalue weighted by Gasteiger charge is 2.20. The van der Waals surface area contributed by atoms with Gasteiger partial charge in [-0.2, -0.15) is 0 Å². The maximum absolute atomic E-state index is 12.3. The molecule has 3 rings (SSSR count). The van der Waals surface area contributed by atoms with E-state index in [-0.39, 0.29) is 5.91 Å². The van der Waals surface area contributed by atoms with Crippen molar-refractivity contribution in [1.82, 2.24) is 5.32 Å². The van der Waals surface area contributed by atoms with Crippen LogP contribution in [0.3, 0.4) is 0 Å². The van der Waals surface area contributed by atoms with E-state index in [1.807, 2.05) is 42.5 Å². The molecule has 26 heavy (non-hydrogen) atoms. The fraction of sp³-hybridized carbons (Fsp3) is 0.238. The van der Waals surface area contributed by atoms with Crippen LogP contribution in [0.4, 0.5) is 0 Å². The summed E-state index contributed by atoms with van der Waals surface area (Å²) in [4.78, 5) is 16.7. The molecule has 0 aliphatic carbocycles. The fourth-order valence-corrected chi connectivity index (χ4v) is 3.08. The first-order valence-electron chi connectivity index (χ1n) is 8.61. The van der Waals surface area contributed by atoms with Crippen LogP contribution in [0.5, 0.6) is 5.75 Å². The lowest BCUT2D eigenvalue weighted by Gasteiger charge is -2.07. The first kappa shape index (κ1) is 18.2. The molecule has 0 aromatic heterocycles. The minimum absolute atomic E-state index is 0.192. The minimum atomic E-state index is -0.192. The van der Waals surface area contributed by atoms with Crippen molar-refractivity contribution in [3.8, 4) is 5.75 Å². The normalized spacial score (nSPS) is 15.1. The van der Waals surface area contributed by atoms with Gasteiger partial charge in [0.2, 0.25) is 0 Å². The van der Waals surface area contributed by atoms with E-state index in [0.29, 0.717) is 18.0 Å². The van der Waals surface area contributed by atoms with E-state index in [4.69, 9.17) is 16.3 Å². The molecule has 1 aliphatic heterocycles. The van der Waals surface area contributed by atoms with Gasteiger partial charge in [0.25, 0.3) is 5.91 Å². The maximum atomic E-state index is 12.3. The molecule has 1 heterocycles. The molecule has 0 radical (unpaired) electrons. The molecule has 1 amide bonds. The second-order valence-electron chi connectivity index (χ2n) is 6.06. The monoisotopic (exact) mass is 368 g/mol. The third kappa shape index (κ3) is 4.14. The van der Waals surface area contributed by atoms with Crippen LogP contribution in [0.15, 0.2) is 53.2 Å². The highest BCUT2D eigenvalue weighted by molar-refractivity contribution is 6.31. The Morgan fingerprint density at radius 2 is 2.00 bits per heavy atom. The largest absolute Gasteiger partial charge is 0.496 e. The van der Waals surface area contributed by atoms with Crippen LogP contribution in [-0.2, 0) is 17.6 Å². The van der Waals surface area contributed by atoms with E-state index < -0.39 is 0 Å². The number of halogens is 1. The quantitative estimate of drug-likeness (QED) is 0.767. The zero-order chi connectivity index (χ0) is 18.5. The Balaban J connectivity index is 1.79. The summed E-state index contributed by atoms with van der Waals surface area (Å²) < 4.78 is 5.40. The zero-order valence-corrected chi connectivity index (χ0v) is 15.6. The van der Waals surface area contributed by atoms with Gasteiger partial charge >= 0.3 is 0 Å². The van der Waals surface area contributed by atoms with Gasteiger partial charge in [-0.15, -0.1) is 0 Å². The van der Waals surface area contributed by atoms with E-state index in [1.165, 1.54) is 5.56 Å². The zero-order valence-electron chi connectivity index (χ0n) is 14.9. The predicted octanol–water partition coefficient (Wildman–Crippen LogP) is 4.41. The summed E-state index contributed by atoms with van der Waals surface area (Å²) in [5.41, 5.74) is 3.47. The third-order valence-corrected chi connectivity index (χ3v) is 4.70. The molecule has 1 aliphatic rings. The van der Waals surface area contributed by atoms with E-state index in [2.05, 4.69) is 17.2 Å². The lowest BCUT2D eigenvalue weighted by Crippen LogP contribution is -2.24. The van der Waals surface area contributed by atoms with Gasteiger partial charge in [-0.05, 0) is 48.2 Å². The van der Waals surface area contributed by atoms with Gasteiger partial charge in [-0.25, -0.2) is 4.99 Å². The summed E-state index contributed by atoms with van der Waals surface area (Å²) in [6, 6.07) is 13.7. The van der Waals surface area contributed by atoms with Gasteiger partial charge in [-0.3, -0.25) is 4.79 Å². The first-order chi connectivity index (χ1) is 12.6. The summed E-state index contributed by atoms with van der Waals surface area (Å²) in [5, 5.41) is 3.57. The summed E-state index contributed by atoms with van der Waals surface area (Å²) in [6.07, 6.45) is 4.04. The van der Waals surface area contributed by atoms with Gasteiger partial charge in [-0.1, -0.05) is 42.8 Å². The summed E-state index contributed by atoms with van der Waals surface area (Å²) in [5.74, 6) is 1.19. The molecule has 0 spiro atoms. The molecule has 4 nitrogen and oxygen atoms in total. The summed E-state index contributed by atoms with van der Waals surface area (Å²) in [7, 11) is 1.62. The molecule has 1 N–H and O–H groups in total. The maximum Gasteiger partial charge on any atom is 0.275 e. The van der Waals surface area contributed by atoms with E-state index >= 15 is 0 Å². The van der Waals surface area contributed by atoms with Gasteiger partial charge in [0.1, 0.15) is 17.3 Å². The fourth-order valence-electron chi connectivity index (χ4n) is 2.85. The van der Waals surface area contributed by atoms with Gasteiger partial charge in [0.05, 0.1) is 7.11 Å². The summed E-state index contributed by atoms with van der Waals surface area (Å²) >= 11 is 6.18. The van der Waals surface area contributed by atoms with Crippen molar-refractivity contribution in [2.75, 3.05) is 7.11 Å². The molecule has 134 valence electrons. The van der Waals surface area contributed by atoms with Crippen molar-refractivity contribution in [2.24, 2.45) is 4.99 Å². The predicted molar refractivity (Wildman–Crippen MR) is 106 cm³/mol.